The summed E-state index contributed by atoms with van der Waals surface area (Å²) in [6.07, 6.45) is 0. The highest BCUT2D eigenvalue weighted by Gasteiger charge is 2.09. The van der Waals surface area contributed by atoms with Crippen molar-refractivity contribution in [1.29, 1.82) is 5.26 Å². The van der Waals surface area contributed by atoms with Gasteiger partial charge in [0.05, 0.1) is 4.92 Å². The van der Waals surface area contributed by atoms with E-state index in [1.54, 1.807) is 12.1 Å². The van der Waals surface area contributed by atoms with Gasteiger partial charge in [0, 0.05) is 37.1 Å². The number of hydrogen-bond donors (Lipinski definition) is 1. The van der Waals surface area contributed by atoms with Gasteiger partial charge in [0.2, 0.25) is 0 Å². The predicted molar refractivity (Wildman–Crippen MR) is 75.3 cm³/mol. The Morgan fingerprint density at radius 2 is 2.20 bits per heavy atom. The number of nitro benzene ring substituents is 1. The van der Waals surface area contributed by atoms with E-state index < -0.39 is 4.92 Å². The van der Waals surface area contributed by atoms with Gasteiger partial charge in [0.1, 0.15) is 11.8 Å². The van der Waals surface area contributed by atoms with Gasteiger partial charge in [-0.1, -0.05) is 6.07 Å². The zero-order valence-corrected chi connectivity index (χ0v) is 11.3. The molecular weight excluding hydrogens is 256 g/mol. The number of nitrogens with zero attached hydrogens (tertiary/aromatic N) is 3. The molecule has 0 bridgehead atoms. The summed E-state index contributed by atoms with van der Waals surface area (Å²) >= 11 is 0. The molecule has 2 rings (SSSR count). The summed E-state index contributed by atoms with van der Waals surface area (Å²) in [4.78, 5) is 10.3. The summed E-state index contributed by atoms with van der Waals surface area (Å²) < 4.78 is 1.82. The average molecular weight is 270 g/mol. The van der Waals surface area contributed by atoms with Crippen LogP contribution in [0.25, 0.3) is 0 Å². The summed E-state index contributed by atoms with van der Waals surface area (Å²) in [7, 11) is 1.84. The topological polar surface area (TPSA) is 83.9 Å². The first kappa shape index (κ1) is 13.6. The van der Waals surface area contributed by atoms with E-state index in [4.69, 9.17) is 5.26 Å². The minimum Gasteiger partial charge on any atom is -0.381 e. The van der Waals surface area contributed by atoms with Gasteiger partial charge in [-0.3, -0.25) is 10.1 Å². The minimum absolute atomic E-state index is 0.0532. The number of hydrogen-bond acceptors (Lipinski definition) is 4. The number of nitriles is 1. The molecule has 1 heterocycles. The van der Waals surface area contributed by atoms with Crippen molar-refractivity contribution in [2.75, 3.05) is 5.32 Å². The largest absolute Gasteiger partial charge is 0.381 e. The van der Waals surface area contributed by atoms with E-state index in [1.807, 2.05) is 24.6 Å². The normalized spacial score (nSPS) is 10.1. The Morgan fingerprint density at radius 1 is 1.45 bits per heavy atom. The van der Waals surface area contributed by atoms with Gasteiger partial charge >= 0.3 is 0 Å². The molecule has 0 aliphatic carbocycles. The van der Waals surface area contributed by atoms with Crippen LogP contribution in [-0.4, -0.2) is 9.49 Å². The first-order valence-corrected chi connectivity index (χ1v) is 6.06. The van der Waals surface area contributed by atoms with E-state index in [0.717, 1.165) is 11.3 Å². The molecule has 0 atom stereocenters. The maximum absolute atomic E-state index is 10.7. The molecule has 2 aromatic rings. The fourth-order valence-electron chi connectivity index (χ4n) is 1.98. The predicted octanol–water partition coefficient (Wildman–Crippen LogP) is 2.73. The smallest absolute Gasteiger partial charge is 0.271 e. The van der Waals surface area contributed by atoms with Crippen LogP contribution in [0.1, 0.15) is 17.0 Å². The molecule has 102 valence electrons. The van der Waals surface area contributed by atoms with Gasteiger partial charge in [-0.25, -0.2) is 0 Å². The lowest BCUT2D eigenvalue weighted by molar-refractivity contribution is -0.384. The summed E-state index contributed by atoms with van der Waals surface area (Å²) in [5, 5.41) is 22.8. The van der Waals surface area contributed by atoms with Crippen molar-refractivity contribution in [3.8, 4) is 6.07 Å². The van der Waals surface area contributed by atoms with Crippen LogP contribution in [0.4, 0.5) is 11.4 Å². The Kier molecular flexibility index (Phi) is 3.71. The zero-order chi connectivity index (χ0) is 14.7. The quantitative estimate of drug-likeness (QED) is 0.683. The average Bonchev–Trinajstić information content (AvgIpc) is 2.73. The second-order valence-corrected chi connectivity index (χ2v) is 4.47. The zero-order valence-electron chi connectivity index (χ0n) is 11.3. The molecule has 1 N–H and O–H groups in total. The Balaban J connectivity index is 2.15. The lowest BCUT2D eigenvalue weighted by Crippen LogP contribution is -2.01. The summed E-state index contributed by atoms with van der Waals surface area (Å²) in [5.41, 5.74) is 3.33. The summed E-state index contributed by atoms with van der Waals surface area (Å²) in [6.45, 7) is 2.45. The first-order chi connectivity index (χ1) is 9.52. The van der Waals surface area contributed by atoms with E-state index in [2.05, 4.69) is 11.4 Å². The molecule has 1 aromatic heterocycles. The van der Waals surface area contributed by atoms with E-state index in [0.29, 0.717) is 17.9 Å². The molecule has 0 saturated heterocycles. The summed E-state index contributed by atoms with van der Waals surface area (Å²) in [6, 6.07) is 10.3. The van der Waals surface area contributed by atoms with Gasteiger partial charge < -0.3 is 9.88 Å². The molecule has 6 heteroatoms. The molecule has 0 aliphatic rings. The molecule has 0 unspecified atom stereocenters. The number of benzene rings is 1. The lowest BCUT2D eigenvalue weighted by atomic mass is 10.2. The van der Waals surface area contributed by atoms with Gasteiger partial charge in [-0.15, -0.1) is 0 Å². The first-order valence-electron chi connectivity index (χ1n) is 6.06. The summed E-state index contributed by atoms with van der Waals surface area (Å²) in [5.74, 6) is 0. The molecule has 0 saturated carbocycles. The highest BCUT2D eigenvalue weighted by Crippen LogP contribution is 2.19. The van der Waals surface area contributed by atoms with Crippen molar-refractivity contribution in [3.63, 3.8) is 0 Å². The fraction of sp³-hybridized carbons (Fsp3) is 0.214. The number of rotatable bonds is 4. The Labute approximate surface area is 116 Å². The number of anilines is 1. The van der Waals surface area contributed by atoms with Gasteiger partial charge in [-0.2, -0.15) is 5.26 Å². The lowest BCUT2D eigenvalue weighted by Gasteiger charge is -2.06. The van der Waals surface area contributed by atoms with Crippen LogP contribution in [-0.2, 0) is 13.6 Å². The van der Waals surface area contributed by atoms with Crippen molar-refractivity contribution >= 4 is 11.4 Å². The van der Waals surface area contributed by atoms with Crippen molar-refractivity contribution in [3.05, 3.63) is 57.4 Å². The number of nitro groups is 1. The monoisotopic (exact) mass is 270 g/mol. The second-order valence-electron chi connectivity index (χ2n) is 4.47. The van der Waals surface area contributed by atoms with Crippen LogP contribution in [0.3, 0.4) is 0 Å². The van der Waals surface area contributed by atoms with E-state index in [-0.39, 0.29) is 5.69 Å². The molecule has 20 heavy (non-hydrogen) atoms. The van der Waals surface area contributed by atoms with Gasteiger partial charge in [0.25, 0.3) is 5.69 Å². The molecule has 0 amide bonds. The SMILES string of the molecule is Cc1c(CNc2cccc([N+](=O)[O-])c2)cc(C#N)n1C. The molecule has 0 spiro atoms. The van der Waals surface area contributed by atoms with E-state index in [9.17, 15) is 10.1 Å². The van der Waals surface area contributed by atoms with Gasteiger partial charge in [0.15, 0.2) is 0 Å². The highest BCUT2D eigenvalue weighted by molar-refractivity contribution is 5.51. The molecule has 0 fully saturated rings. The Morgan fingerprint density at radius 3 is 2.80 bits per heavy atom. The van der Waals surface area contributed by atoms with Crippen LogP contribution < -0.4 is 5.32 Å². The molecule has 6 nitrogen and oxygen atoms in total. The number of non-ortho nitro benzene ring substituents is 1. The Bertz CT molecular complexity index is 698. The molecule has 0 aliphatic heterocycles. The van der Waals surface area contributed by atoms with Crippen LogP contribution in [0.5, 0.6) is 0 Å². The third kappa shape index (κ3) is 2.62. The van der Waals surface area contributed by atoms with Crippen LogP contribution in [0.2, 0.25) is 0 Å². The Hall–Kier alpha value is -2.81. The van der Waals surface area contributed by atoms with Crippen LogP contribution in [0.15, 0.2) is 30.3 Å². The fourth-order valence-corrected chi connectivity index (χ4v) is 1.98. The van der Waals surface area contributed by atoms with Gasteiger partial charge in [-0.05, 0) is 24.6 Å². The third-order valence-corrected chi connectivity index (χ3v) is 3.29. The maximum atomic E-state index is 10.7. The van der Waals surface area contributed by atoms with Crippen LogP contribution >= 0.6 is 0 Å². The van der Waals surface area contributed by atoms with E-state index in [1.165, 1.54) is 12.1 Å². The van der Waals surface area contributed by atoms with Crippen LogP contribution in [0, 0.1) is 28.4 Å². The van der Waals surface area contributed by atoms with E-state index >= 15 is 0 Å². The number of nitrogens with one attached hydrogen (secondary N) is 1. The standard InChI is InChI=1S/C14H14N4O2/c1-10-11(6-14(8-15)17(10)2)9-16-12-4-3-5-13(7-12)18(19)20/h3-7,16H,9H2,1-2H3. The van der Waals surface area contributed by atoms with Crippen molar-refractivity contribution in [1.82, 2.24) is 4.57 Å². The maximum Gasteiger partial charge on any atom is 0.271 e. The van der Waals surface area contributed by atoms with Crippen molar-refractivity contribution < 1.29 is 4.92 Å². The molecule has 0 radical (unpaired) electrons. The van der Waals surface area contributed by atoms with Crippen molar-refractivity contribution in [2.24, 2.45) is 7.05 Å². The third-order valence-electron chi connectivity index (χ3n) is 3.29. The second kappa shape index (κ2) is 5.45. The molecular formula is C14H14N4O2. The molecule has 1 aromatic carbocycles. The number of aromatic nitrogens is 1. The minimum atomic E-state index is -0.424. The van der Waals surface area contributed by atoms with Crippen molar-refractivity contribution in [2.45, 2.75) is 13.5 Å². The highest BCUT2D eigenvalue weighted by atomic mass is 16.6.